The summed E-state index contributed by atoms with van der Waals surface area (Å²) >= 11 is 0. The molecule has 0 radical (unpaired) electrons. The molecular weight excluding hydrogens is 282 g/mol. The van der Waals surface area contributed by atoms with Crippen molar-refractivity contribution in [2.45, 2.75) is 45.6 Å². The number of hydrogen-bond donors (Lipinski definition) is 1. The third-order valence-electron chi connectivity index (χ3n) is 3.71. The summed E-state index contributed by atoms with van der Waals surface area (Å²) in [5.41, 5.74) is 2.21. The standard InChI is InChI=1S/C17H23NO4/c1-10-11(12-9-13(12)15(19)21-5)7-6-8-14(10)18-16(20)22-17(2,3)4/h6-8,12-13H,9H2,1-5H3,(H,18,20). The molecule has 1 aromatic carbocycles. The third kappa shape index (κ3) is 3.78. The van der Waals surface area contributed by atoms with Crippen LogP contribution in [-0.4, -0.2) is 24.8 Å². The van der Waals surface area contributed by atoms with E-state index in [0.29, 0.717) is 5.69 Å². The van der Waals surface area contributed by atoms with Gasteiger partial charge in [-0.2, -0.15) is 0 Å². The highest BCUT2D eigenvalue weighted by atomic mass is 16.6. The van der Waals surface area contributed by atoms with Crippen LogP contribution in [-0.2, 0) is 14.3 Å². The first-order valence-corrected chi connectivity index (χ1v) is 7.40. The monoisotopic (exact) mass is 305 g/mol. The molecule has 120 valence electrons. The average Bonchev–Trinajstić information content (AvgIpc) is 3.18. The van der Waals surface area contributed by atoms with Crippen molar-refractivity contribution >= 4 is 17.7 Å². The second kappa shape index (κ2) is 5.99. The zero-order chi connectivity index (χ0) is 16.5. The lowest BCUT2D eigenvalue weighted by Crippen LogP contribution is -2.27. The number of methoxy groups -OCH3 is 1. The normalized spacial score (nSPS) is 20.2. The van der Waals surface area contributed by atoms with Crippen LogP contribution < -0.4 is 5.32 Å². The van der Waals surface area contributed by atoms with Crippen LogP contribution in [0.2, 0.25) is 0 Å². The molecule has 1 saturated carbocycles. The zero-order valence-electron chi connectivity index (χ0n) is 13.7. The second-order valence-electron chi connectivity index (χ2n) is 6.62. The largest absolute Gasteiger partial charge is 0.469 e. The third-order valence-corrected chi connectivity index (χ3v) is 3.71. The summed E-state index contributed by atoms with van der Waals surface area (Å²) in [4.78, 5) is 23.5. The lowest BCUT2D eigenvalue weighted by Gasteiger charge is -2.20. The maximum atomic E-state index is 11.9. The number of benzene rings is 1. The summed E-state index contributed by atoms with van der Waals surface area (Å²) in [6.45, 7) is 7.40. The van der Waals surface area contributed by atoms with E-state index in [4.69, 9.17) is 9.47 Å². The predicted molar refractivity (Wildman–Crippen MR) is 83.9 cm³/mol. The first-order valence-electron chi connectivity index (χ1n) is 7.40. The van der Waals surface area contributed by atoms with E-state index in [0.717, 1.165) is 17.5 Å². The van der Waals surface area contributed by atoms with E-state index in [1.165, 1.54) is 7.11 Å². The van der Waals surface area contributed by atoms with Gasteiger partial charge in [0.15, 0.2) is 0 Å². The molecule has 5 heteroatoms. The van der Waals surface area contributed by atoms with E-state index >= 15 is 0 Å². The van der Waals surface area contributed by atoms with Gasteiger partial charge in [0.05, 0.1) is 13.0 Å². The van der Waals surface area contributed by atoms with Gasteiger partial charge in [-0.25, -0.2) is 4.79 Å². The molecule has 22 heavy (non-hydrogen) atoms. The topological polar surface area (TPSA) is 64.6 Å². The highest BCUT2D eigenvalue weighted by molar-refractivity contribution is 5.86. The Morgan fingerprint density at radius 2 is 1.95 bits per heavy atom. The van der Waals surface area contributed by atoms with Crippen molar-refractivity contribution in [2.24, 2.45) is 5.92 Å². The number of nitrogens with one attached hydrogen (secondary N) is 1. The van der Waals surface area contributed by atoms with E-state index in [2.05, 4.69) is 5.32 Å². The molecule has 5 nitrogen and oxygen atoms in total. The summed E-state index contributed by atoms with van der Waals surface area (Å²) in [7, 11) is 1.41. The molecular formula is C17H23NO4. The summed E-state index contributed by atoms with van der Waals surface area (Å²) in [6.07, 6.45) is 0.316. The summed E-state index contributed by atoms with van der Waals surface area (Å²) in [5.74, 6) is -0.0665. The number of esters is 1. The van der Waals surface area contributed by atoms with E-state index in [-0.39, 0.29) is 17.8 Å². The van der Waals surface area contributed by atoms with Crippen LogP contribution >= 0.6 is 0 Å². The molecule has 2 atom stereocenters. The Kier molecular flexibility index (Phi) is 4.44. The van der Waals surface area contributed by atoms with Gasteiger partial charge in [-0.3, -0.25) is 10.1 Å². The number of carbonyl (C=O) groups is 2. The number of anilines is 1. The van der Waals surface area contributed by atoms with Gasteiger partial charge in [-0.1, -0.05) is 12.1 Å². The van der Waals surface area contributed by atoms with Crippen LogP contribution in [0.4, 0.5) is 10.5 Å². The Bertz CT molecular complexity index is 589. The van der Waals surface area contributed by atoms with Crippen molar-refractivity contribution in [3.05, 3.63) is 29.3 Å². The maximum absolute atomic E-state index is 11.9. The number of amides is 1. The fourth-order valence-electron chi connectivity index (χ4n) is 2.55. The summed E-state index contributed by atoms with van der Waals surface area (Å²) in [6, 6.07) is 5.70. The van der Waals surface area contributed by atoms with E-state index < -0.39 is 11.7 Å². The number of hydrogen-bond acceptors (Lipinski definition) is 4. The Labute approximate surface area is 131 Å². The Morgan fingerprint density at radius 1 is 1.27 bits per heavy atom. The van der Waals surface area contributed by atoms with E-state index in [1.54, 1.807) is 0 Å². The number of carbonyl (C=O) groups excluding carboxylic acids is 2. The van der Waals surface area contributed by atoms with Gasteiger partial charge < -0.3 is 9.47 Å². The molecule has 0 spiro atoms. The Balaban J connectivity index is 2.11. The first kappa shape index (κ1) is 16.3. The van der Waals surface area contributed by atoms with Crippen LogP contribution in [0.5, 0.6) is 0 Å². The SMILES string of the molecule is COC(=O)C1CC1c1cccc(NC(=O)OC(C)(C)C)c1C. The van der Waals surface area contributed by atoms with Gasteiger partial charge in [0, 0.05) is 5.69 Å². The molecule has 1 fully saturated rings. The molecule has 1 aliphatic rings. The van der Waals surface area contributed by atoms with Crippen LogP contribution in [0.3, 0.4) is 0 Å². The number of ether oxygens (including phenoxy) is 2. The molecule has 0 heterocycles. The smallest absolute Gasteiger partial charge is 0.412 e. The van der Waals surface area contributed by atoms with E-state index in [9.17, 15) is 9.59 Å². The van der Waals surface area contributed by atoms with Crippen molar-refractivity contribution in [3.63, 3.8) is 0 Å². The molecule has 1 aromatic rings. The minimum atomic E-state index is -0.540. The van der Waals surface area contributed by atoms with Gasteiger partial charge >= 0.3 is 12.1 Å². The lowest BCUT2D eigenvalue weighted by atomic mass is 10.0. The molecule has 1 N–H and O–H groups in total. The number of rotatable bonds is 3. The van der Waals surface area contributed by atoms with Crippen molar-refractivity contribution in [3.8, 4) is 0 Å². The average molecular weight is 305 g/mol. The van der Waals surface area contributed by atoms with Gasteiger partial charge in [-0.05, 0) is 57.2 Å². The fourth-order valence-corrected chi connectivity index (χ4v) is 2.55. The molecule has 2 unspecified atom stereocenters. The molecule has 0 bridgehead atoms. The van der Waals surface area contributed by atoms with Crippen molar-refractivity contribution in [1.29, 1.82) is 0 Å². The molecule has 1 aliphatic carbocycles. The Hall–Kier alpha value is -2.04. The van der Waals surface area contributed by atoms with Crippen LogP contribution in [0.1, 0.15) is 44.2 Å². The zero-order valence-corrected chi connectivity index (χ0v) is 13.7. The minimum Gasteiger partial charge on any atom is -0.469 e. The quantitative estimate of drug-likeness (QED) is 0.866. The van der Waals surface area contributed by atoms with Crippen molar-refractivity contribution in [1.82, 2.24) is 0 Å². The van der Waals surface area contributed by atoms with Crippen molar-refractivity contribution in [2.75, 3.05) is 12.4 Å². The highest BCUT2D eigenvalue weighted by Gasteiger charge is 2.45. The summed E-state index contributed by atoms with van der Waals surface area (Å²) < 4.78 is 10.1. The van der Waals surface area contributed by atoms with Gasteiger partial charge in [-0.15, -0.1) is 0 Å². The fraction of sp³-hybridized carbons (Fsp3) is 0.529. The van der Waals surface area contributed by atoms with Crippen LogP contribution in [0.15, 0.2) is 18.2 Å². The lowest BCUT2D eigenvalue weighted by molar-refractivity contribution is -0.142. The molecule has 0 aliphatic heterocycles. The molecule has 1 amide bonds. The second-order valence-corrected chi connectivity index (χ2v) is 6.62. The maximum Gasteiger partial charge on any atom is 0.412 e. The minimum absolute atomic E-state index is 0.0690. The Morgan fingerprint density at radius 3 is 2.55 bits per heavy atom. The first-order chi connectivity index (χ1) is 10.2. The van der Waals surface area contributed by atoms with Gasteiger partial charge in [0.2, 0.25) is 0 Å². The van der Waals surface area contributed by atoms with Crippen LogP contribution in [0, 0.1) is 12.8 Å². The molecule has 0 saturated heterocycles. The predicted octanol–water partition coefficient (Wildman–Crippen LogP) is 3.62. The molecule has 0 aromatic heterocycles. The van der Waals surface area contributed by atoms with Crippen molar-refractivity contribution < 1.29 is 19.1 Å². The molecule has 2 rings (SSSR count). The van der Waals surface area contributed by atoms with Gasteiger partial charge in [0.1, 0.15) is 5.60 Å². The van der Waals surface area contributed by atoms with E-state index in [1.807, 2.05) is 45.9 Å². The van der Waals surface area contributed by atoms with Gasteiger partial charge in [0.25, 0.3) is 0 Å². The van der Waals surface area contributed by atoms with Crippen LogP contribution in [0.25, 0.3) is 0 Å². The summed E-state index contributed by atoms with van der Waals surface area (Å²) in [5, 5.41) is 2.77. The highest BCUT2D eigenvalue weighted by Crippen LogP contribution is 2.49.